The number of ether oxygens (including phenoxy) is 1. The number of pyridine rings is 1. The molecule has 0 N–H and O–H groups in total. The molecule has 3 rings (SSSR count). The van der Waals surface area contributed by atoms with E-state index in [0.29, 0.717) is 22.5 Å². The predicted octanol–water partition coefficient (Wildman–Crippen LogP) is 3.58. The minimum Gasteiger partial charge on any atom is -0.497 e. The Morgan fingerprint density at radius 1 is 1.24 bits per heavy atom. The highest BCUT2D eigenvalue weighted by atomic mass is 19.3. The molecule has 0 spiro atoms. The lowest BCUT2D eigenvalue weighted by Gasteiger charge is -2.08. The van der Waals surface area contributed by atoms with Crippen LogP contribution in [0.25, 0.3) is 22.3 Å². The van der Waals surface area contributed by atoms with Gasteiger partial charge in [-0.15, -0.1) is 0 Å². The Bertz CT molecular complexity index is 799. The van der Waals surface area contributed by atoms with Crippen molar-refractivity contribution in [2.45, 2.75) is 6.43 Å². The molecule has 0 unspecified atom stereocenters. The van der Waals surface area contributed by atoms with Gasteiger partial charge in [0.25, 0.3) is 6.43 Å². The van der Waals surface area contributed by atoms with Gasteiger partial charge in [0.05, 0.1) is 19.0 Å². The van der Waals surface area contributed by atoms with E-state index in [0.717, 1.165) is 5.56 Å². The summed E-state index contributed by atoms with van der Waals surface area (Å²) in [5.41, 5.74) is 1.57. The molecule has 0 aliphatic heterocycles. The first-order chi connectivity index (χ1) is 10.1. The zero-order valence-corrected chi connectivity index (χ0v) is 11.5. The highest BCUT2D eigenvalue weighted by Gasteiger charge is 2.17. The van der Waals surface area contributed by atoms with E-state index >= 15 is 0 Å². The lowest BCUT2D eigenvalue weighted by atomic mass is 10.1. The maximum Gasteiger partial charge on any atom is 0.264 e. The Morgan fingerprint density at radius 2 is 2.05 bits per heavy atom. The monoisotopic (exact) mass is 289 g/mol. The maximum absolute atomic E-state index is 13.3. The average Bonchev–Trinajstić information content (AvgIpc) is 2.88. The number of halogens is 2. The summed E-state index contributed by atoms with van der Waals surface area (Å²) >= 11 is 0. The van der Waals surface area contributed by atoms with E-state index in [2.05, 4.69) is 10.1 Å². The van der Waals surface area contributed by atoms with Crippen LogP contribution in [0.1, 0.15) is 12.0 Å². The fourth-order valence-electron chi connectivity index (χ4n) is 2.25. The van der Waals surface area contributed by atoms with Crippen molar-refractivity contribution in [1.29, 1.82) is 0 Å². The molecule has 0 fully saturated rings. The number of fused-ring (bicyclic) bond motifs is 1. The molecule has 0 saturated heterocycles. The number of methoxy groups -OCH3 is 1. The van der Waals surface area contributed by atoms with E-state index in [1.54, 1.807) is 32.4 Å². The van der Waals surface area contributed by atoms with E-state index in [1.807, 2.05) is 6.07 Å². The van der Waals surface area contributed by atoms with Gasteiger partial charge in [-0.05, 0) is 18.2 Å². The molecule has 0 aliphatic rings. The molecule has 21 heavy (non-hydrogen) atoms. The standard InChI is InChI=1S/C15H13F2N3O/c1-20-15-12(8-18-20)11(14(16)17)7-13(19-15)9-4-3-5-10(6-9)21-2/h3-8,14H,1-2H3. The first-order valence-corrected chi connectivity index (χ1v) is 6.35. The quantitative estimate of drug-likeness (QED) is 0.740. The molecule has 0 atom stereocenters. The van der Waals surface area contributed by atoms with Gasteiger partial charge in [0.2, 0.25) is 0 Å². The first kappa shape index (κ1) is 13.5. The highest BCUT2D eigenvalue weighted by Crippen LogP contribution is 2.31. The van der Waals surface area contributed by atoms with Crippen LogP contribution in [0.3, 0.4) is 0 Å². The van der Waals surface area contributed by atoms with Gasteiger partial charge in [-0.25, -0.2) is 13.8 Å². The van der Waals surface area contributed by atoms with Gasteiger partial charge in [-0.2, -0.15) is 5.10 Å². The number of aromatic nitrogens is 3. The zero-order valence-electron chi connectivity index (χ0n) is 11.5. The third-order valence-corrected chi connectivity index (χ3v) is 3.34. The van der Waals surface area contributed by atoms with Crippen molar-refractivity contribution in [2.75, 3.05) is 7.11 Å². The van der Waals surface area contributed by atoms with E-state index in [9.17, 15) is 8.78 Å². The predicted molar refractivity (Wildman–Crippen MR) is 75.5 cm³/mol. The van der Waals surface area contributed by atoms with Crippen molar-refractivity contribution in [2.24, 2.45) is 7.05 Å². The van der Waals surface area contributed by atoms with Gasteiger partial charge in [0.1, 0.15) is 5.75 Å². The van der Waals surface area contributed by atoms with Gasteiger partial charge < -0.3 is 4.74 Å². The molecule has 2 aromatic heterocycles. The van der Waals surface area contributed by atoms with E-state index in [4.69, 9.17) is 4.74 Å². The minimum absolute atomic E-state index is 0.0640. The summed E-state index contributed by atoms with van der Waals surface area (Å²) in [6.07, 6.45) is -1.16. The van der Waals surface area contributed by atoms with E-state index < -0.39 is 6.43 Å². The Kier molecular flexibility index (Phi) is 3.29. The second kappa shape index (κ2) is 5.12. The second-order valence-electron chi connectivity index (χ2n) is 4.63. The van der Waals surface area contributed by atoms with Gasteiger partial charge in [-0.3, -0.25) is 4.68 Å². The lowest BCUT2D eigenvalue weighted by Crippen LogP contribution is -1.96. The molecule has 0 aliphatic carbocycles. The number of alkyl halides is 2. The Hall–Kier alpha value is -2.50. The van der Waals surface area contributed by atoms with Crippen LogP contribution in [0.5, 0.6) is 5.75 Å². The molecule has 0 bridgehead atoms. The van der Waals surface area contributed by atoms with Crippen LogP contribution in [0, 0.1) is 0 Å². The smallest absolute Gasteiger partial charge is 0.264 e. The molecule has 0 amide bonds. The molecular weight excluding hydrogens is 276 g/mol. The van der Waals surface area contributed by atoms with Gasteiger partial charge in [0.15, 0.2) is 5.65 Å². The van der Waals surface area contributed by atoms with Crippen LogP contribution in [0.2, 0.25) is 0 Å². The number of hydrogen-bond donors (Lipinski definition) is 0. The number of rotatable bonds is 3. The minimum atomic E-state index is -2.58. The largest absolute Gasteiger partial charge is 0.497 e. The Labute approximate surface area is 120 Å². The van der Waals surface area contributed by atoms with Crippen LogP contribution in [-0.2, 0) is 7.05 Å². The molecule has 0 saturated carbocycles. The van der Waals surface area contributed by atoms with Crippen molar-refractivity contribution in [3.8, 4) is 17.0 Å². The fourth-order valence-corrected chi connectivity index (χ4v) is 2.25. The summed E-state index contributed by atoms with van der Waals surface area (Å²) in [5.74, 6) is 0.651. The maximum atomic E-state index is 13.3. The second-order valence-corrected chi connectivity index (χ2v) is 4.63. The van der Waals surface area contributed by atoms with E-state index in [1.165, 1.54) is 16.9 Å². The molecule has 4 nitrogen and oxygen atoms in total. The summed E-state index contributed by atoms with van der Waals surface area (Å²) in [7, 11) is 3.24. The number of hydrogen-bond acceptors (Lipinski definition) is 3. The third-order valence-electron chi connectivity index (χ3n) is 3.34. The average molecular weight is 289 g/mol. The summed E-state index contributed by atoms with van der Waals surface area (Å²) in [4.78, 5) is 4.44. The Balaban J connectivity index is 2.24. The van der Waals surface area contributed by atoms with Crippen molar-refractivity contribution in [1.82, 2.24) is 14.8 Å². The third kappa shape index (κ3) is 2.33. The molecule has 1 aromatic carbocycles. The molecule has 6 heteroatoms. The molecule has 108 valence electrons. The first-order valence-electron chi connectivity index (χ1n) is 6.35. The number of benzene rings is 1. The number of nitrogens with zero attached hydrogens (tertiary/aromatic N) is 3. The van der Waals surface area contributed by atoms with Crippen molar-refractivity contribution in [3.05, 3.63) is 42.1 Å². The van der Waals surface area contributed by atoms with Crippen LogP contribution in [0.4, 0.5) is 8.78 Å². The molecule has 2 heterocycles. The molecule has 0 radical (unpaired) electrons. The van der Waals surface area contributed by atoms with Gasteiger partial charge in [-0.1, -0.05) is 12.1 Å². The zero-order chi connectivity index (χ0) is 15.0. The highest BCUT2D eigenvalue weighted by molar-refractivity contribution is 5.82. The van der Waals surface area contributed by atoms with Crippen LogP contribution >= 0.6 is 0 Å². The van der Waals surface area contributed by atoms with Crippen LogP contribution in [-0.4, -0.2) is 21.9 Å². The SMILES string of the molecule is COc1cccc(-c2cc(C(F)F)c3cnn(C)c3n2)c1. The number of aryl methyl sites for hydroxylation is 1. The lowest BCUT2D eigenvalue weighted by molar-refractivity contribution is 0.153. The summed E-state index contributed by atoms with van der Waals surface area (Å²) in [6, 6.07) is 8.57. The van der Waals surface area contributed by atoms with Crippen LogP contribution < -0.4 is 4.74 Å². The summed E-state index contributed by atoms with van der Waals surface area (Å²) in [5, 5.41) is 4.38. The summed E-state index contributed by atoms with van der Waals surface area (Å²) < 4.78 is 33.2. The van der Waals surface area contributed by atoms with Gasteiger partial charge >= 0.3 is 0 Å². The van der Waals surface area contributed by atoms with E-state index in [-0.39, 0.29) is 5.56 Å². The Morgan fingerprint density at radius 3 is 2.76 bits per heavy atom. The van der Waals surface area contributed by atoms with Gasteiger partial charge in [0, 0.05) is 23.6 Å². The van der Waals surface area contributed by atoms with Crippen molar-refractivity contribution >= 4 is 11.0 Å². The molecular formula is C15H13F2N3O. The van der Waals surface area contributed by atoms with Crippen LogP contribution in [0.15, 0.2) is 36.5 Å². The van der Waals surface area contributed by atoms with Crippen molar-refractivity contribution < 1.29 is 13.5 Å². The summed E-state index contributed by atoms with van der Waals surface area (Å²) in [6.45, 7) is 0. The fraction of sp³-hybridized carbons (Fsp3) is 0.200. The van der Waals surface area contributed by atoms with Crippen molar-refractivity contribution in [3.63, 3.8) is 0 Å². The normalized spacial score (nSPS) is 11.3. The molecule has 3 aromatic rings. The topological polar surface area (TPSA) is 39.9 Å².